The molecule has 0 heterocycles. The number of nitrogens with zero attached hydrogens (tertiary/aromatic N) is 1. The molecule has 5 nitrogen and oxygen atoms in total. The molecule has 5 heteroatoms. The first-order chi connectivity index (χ1) is 7.74. The van der Waals surface area contributed by atoms with Crippen LogP contribution < -0.4 is 10.1 Å². The van der Waals surface area contributed by atoms with Gasteiger partial charge in [0, 0.05) is 12.1 Å². The van der Waals surface area contributed by atoms with Crippen molar-refractivity contribution in [2.24, 2.45) is 0 Å². The van der Waals surface area contributed by atoms with Gasteiger partial charge in [0.05, 0.1) is 6.54 Å². The van der Waals surface area contributed by atoms with Crippen LogP contribution in [0.25, 0.3) is 0 Å². The molecule has 0 saturated heterocycles. The molecule has 16 heavy (non-hydrogen) atoms. The van der Waals surface area contributed by atoms with Gasteiger partial charge < -0.3 is 15.2 Å². The van der Waals surface area contributed by atoms with Crippen LogP contribution in [-0.4, -0.2) is 24.2 Å². The number of hydrogen-bond donors (Lipinski definition) is 2. The maximum atomic E-state index is 10.3. The fourth-order valence-electron chi connectivity index (χ4n) is 1.20. The van der Waals surface area contributed by atoms with Crippen LogP contribution in [0.2, 0.25) is 0 Å². The first-order valence-electron chi connectivity index (χ1n) is 4.74. The van der Waals surface area contributed by atoms with Crippen LogP contribution in [0.3, 0.4) is 0 Å². The van der Waals surface area contributed by atoms with Gasteiger partial charge in [-0.1, -0.05) is 18.2 Å². The summed E-state index contributed by atoms with van der Waals surface area (Å²) < 4.78 is 5.20. The number of para-hydroxylation sites is 1. The molecule has 0 unspecified atom stereocenters. The molecule has 1 aromatic carbocycles. The van der Waals surface area contributed by atoms with E-state index in [1.165, 1.54) is 0 Å². The number of nitriles is 1. The van der Waals surface area contributed by atoms with Crippen molar-refractivity contribution in [2.75, 3.05) is 13.2 Å². The van der Waals surface area contributed by atoms with Crippen LogP contribution in [-0.2, 0) is 11.3 Å². The Morgan fingerprint density at radius 3 is 2.94 bits per heavy atom. The van der Waals surface area contributed by atoms with Gasteiger partial charge in [0.2, 0.25) is 0 Å². The lowest BCUT2D eigenvalue weighted by atomic mass is 10.2. The van der Waals surface area contributed by atoms with Gasteiger partial charge in [-0.2, -0.15) is 5.26 Å². The number of carboxylic acid groups (broad SMARTS) is 1. The number of aliphatic carboxylic acids is 1. The summed E-state index contributed by atoms with van der Waals surface area (Å²) in [5.74, 6) is -0.308. The van der Waals surface area contributed by atoms with E-state index in [4.69, 9.17) is 15.1 Å². The van der Waals surface area contributed by atoms with Crippen LogP contribution in [0.1, 0.15) is 5.56 Å². The zero-order valence-electron chi connectivity index (χ0n) is 8.64. The predicted molar refractivity (Wildman–Crippen MR) is 56.9 cm³/mol. The van der Waals surface area contributed by atoms with E-state index in [9.17, 15) is 4.79 Å². The van der Waals surface area contributed by atoms with Gasteiger partial charge in [-0.25, -0.2) is 0 Å². The fourth-order valence-corrected chi connectivity index (χ4v) is 1.20. The number of carbonyl (C=O) groups is 1. The summed E-state index contributed by atoms with van der Waals surface area (Å²) in [7, 11) is 0. The lowest BCUT2D eigenvalue weighted by Gasteiger charge is -2.08. The molecule has 0 aliphatic rings. The van der Waals surface area contributed by atoms with Crippen molar-refractivity contribution in [3.8, 4) is 11.8 Å². The molecule has 84 valence electrons. The van der Waals surface area contributed by atoms with E-state index in [1.54, 1.807) is 12.1 Å². The lowest BCUT2D eigenvalue weighted by molar-refractivity contribution is -0.135. The van der Waals surface area contributed by atoms with E-state index in [0.717, 1.165) is 5.56 Å². The maximum Gasteiger partial charge on any atom is 0.317 e. The first-order valence-corrected chi connectivity index (χ1v) is 4.74. The molecule has 0 amide bonds. The molecule has 0 aliphatic carbocycles. The van der Waals surface area contributed by atoms with Crippen molar-refractivity contribution in [1.82, 2.24) is 5.32 Å². The molecule has 0 radical (unpaired) electrons. The van der Waals surface area contributed by atoms with Crippen molar-refractivity contribution in [3.63, 3.8) is 0 Å². The molecular formula is C11H12N2O3. The molecule has 1 rings (SSSR count). The summed E-state index contributed by atoms with van der Waals surface area (Å²) in [6, 6.07) is 9.08. The zero-order chi connectivity index (χ0) is 11.8. The summed E-state index contributed by atoms with van der Waals surface area (Å²) >= 11 is 0. The second-order valence-electron chi connectivity index (χ2n) is 3.05. The number of nitrogens with one attached hydrogen (secondary N) is 1. The Kier molecular flexibility index (Phi) is 4.83. The van der Waals surface area contributed by atoms with Gasteiger partial charge in [0.25, 0.3) is 0 Å². The Balaban J connectivity index is 2.57. The van der Waals surface area contributed by atoms with E-state index in [2.05, 4.69) is 5.32 Å². The molecule has 0 fully saturated rings. The number of hydrogen-bond acceptors (Lipinski definition) is 4. The topological polar surface area (TPSA) is 82.3 Å². The lowest BCUT2D eigenvalue weighted by Crippen LogP contribution is -2.22. The van der Waals surface area contributed by atoms with Gasteiger partial charge in [-0.05, 0) is 6.07 Å². The normalized spacial score (nSPS) is 9.44. The van der Waals surface area contributed by atoms with E-state index < -0.39 is 5.97 Å². The van der Waals surface area contributed by atoms with Crippen molar-refractivity contribution >= 4 is 5.97 Å². The van der Waals surface area contributed by atoms with Crippen LogP contribution in [0.5, 0.6) is 5.75 Å². The Morgan fingerprint density at radius 2 is 2.25 bits per heavy atom. The average Bonchev–Trinajstić information content (AvgIpc) is 2.27. The summed E-state index contributed by atoms with van der Waals surface area (Å²) in [6.07, 6.45) is 0. The summed E-state index contributed by atoms with van der Waals surface area (Å²) in [4.78, 5) is 10.3. The zero-order valence-corrected chi connectivity index (χ0v) is 8.64. The predicted octanol–water partition coefficient (Wildman–Crippen LogP) is 0.763. The van der Waals surface area contributed by atoms with Crippen molar-refractivity contribution in [1.29, 1.82) is 5.26 Å². The Morgan fingerprint density at radius 1 is 1.50 bits per heavy atom. The second-order valence-corrected chi connectivity index (χ2v) is 3.05. The van der Waals surface area contributed by atoms with Crippen LogP contribution >= 0.6 is 0 Å². The highest BCUT2D eigenvalue weighted by molar-refractivity contribution is 5.69. The minimum absolute atomic E-state index is 0.0179. The fraction of sp³-hybridized carbons (Fsp3) is 0.273. The smallest absolute Gasteiger partial charge is 0.317 e. The van der Waals surface area contributed by atoms with Gasteiger partial charge in [-0.15, -0.1) is 0 Å². The highest BCUT2D eigenvalue weighted by atomic mass is 16.5. The molecule has 0 saturated carbocycles. The number of benzene rings is 1. The molecule has 0 bridgehead atoms. The maximum absolute atomic E-state index is 10.3. The minimum Gasteiger partial charge on any atom is -0.480 e. The second kappa shape index (κ2) is 6.43. The molecule has 1 aromatic rings. The molecule has 0 atom stereocenters. The Bertz CT molecular complexity index is 398. The first kappa shape index (κ1) is 12.0. The van der Waals surface area contributed by atoms with Crippen molar-refractivity contribution < 1.29 is 14.6 Å². The van der Waals surface area contributed by atoms with Crippen molar-refractivity contribution in [3.05, 3.63) is 29.8 Å². The highest BCUT2D eigenvalue weighted by Gasteiger charge is 2.03. The van der Waals surface area contributed by atoms with Crippen LogP contribution in [0.4, 0.5) is 0 Å². The molecule has 0 spiro atoms. The van der Waals surface area contributed by atoms with Gasteiger partial charge in [-0.3, -0.25) is 4.79 Å². The monoisotopic (exact) mass is 220 g/mol. The molecule has 0 aromatic heterocycles. The third kappa shape index (κ3) is 3.98. The number of ether oxygens (including phenoxy) is 1. The van der Waals surface area contributed by atoms with E-state index in [-0.39, 0.29) is 13.2 Å². The van der Waals surface area contributed by atoms with Crippen molar-refractivity contribution in [2.45, 2.75) is 6.54 Å². The van der Waals surface area contributed by atoms with Gasteiger partial charge >= 0.3 is 5.97 Å². The standard InChI is InChI=1S/C11H12N2O3/c12-5-6-16-10-4-2-1-3-9(10)7-13-8-11(14)15/h1-4,13H,6-8H2,(H,14,15). The molecule has 0 aliphatic heterocycles. The third-order valence-electron chi connectivity index (χ3n) is 1.86. The average molecular weight is 220 g/mol. The Hall–Kier alpha value is -2.06. The number of carboxylic acids is 1. The van der Waals surface area contributed by atoms with Crippen LogP contribution in [0.15, 0.2) is 24.3 Å². The SMILES string of the molecule is N#CCOc1ccccc1CNCC(=O)O. The number of rotatable bonds is 6. The van der Waals surface area contributed by atoms with Gasteiger partial charge in [0.1, 0.15) is 11.8 Å². The van der Waals surface area contributed by atoms with Gasteiger partial charge in [0.15, 0.2) is 6.61 Å². The summed E-state index contributed by atoms with van der Waals surface area (Å²) in [5.41, 5.74) is 0.832. The summed E-state index contributed by atoms with van der Waals surface area (Å²) in [5, 5.41) is 19.6. The van der Waals surface area contributed by atoms with E-state index >= 15 is 0 Å². The summed E-state index contributed by atoms with van der Waals surface area (Å²) in [6.45, 7) is 0.274. The quantitative estimate of drug-likeness (QED) is 0.739. The van der Waals surface area contributed by atoms with E-state index in [1.807, 2.05) is 18.2 Å². The molecule has 2 N–H and O–H groups in total. The largest absolute Gasteiger partial charge is 0.480 e. The van der Waals surface area contributed by atoms with E-state index in [0.29, 0.717) is 12.3 Å². The molecular weight excluding hydrogens is 208 g/mol. The minimum atomic E-state index is -0.907. The highest BCUT2D eigenvalue weighted by Crippen LogP contribution is 2.17. The van der Waals surface area contributed by atoms with Crippen LogP contribution in [0, 0.1) is 11.3 Å². The Labute approximate surface area is 93.3 Å². The third-order valence-corrected chi connectivity index (χ3v) is 1.86.